The van der Waals surface area contributed by atoms with Gasteiger partial charge in [0.2, 0.25) is 0 Å². The normalized spacial score (nSPS) is 25.3. The molecule has 0 amide bonds. The Hall–Kier alpha value is -0.780. The second kappa shape index (κ2) is 6.90. The maximum Gasteiger partial charge on any atom is -0.0313 e. The van der Waals surface area contributed by atoms with Gasteiger partial charge in [0.15, 0.2) is 0 Å². The molecule has 1 aliphatic rings. The molecule has 0 atom stereocenters. The highest BCUT2D eigenvalue weighted by Gasteiger charge is 1.84. The van der Waals surface area contributed by atoms with Crippen LogP contribution in [-0.2, 0) is 0 Å². The van der Waals surface area contributed by atoms with Crippen molar-refractivity contribution in [2.45, 2.75) is 38.5 Å². The van der Waals surface area contributed by atoms with Crippen LogP contribution in [0.15, 0.2) is 36.5 Å². The number of allylic oxidation sites excluding steroid dienone is 6. The molecule has 0 heteroatoms. The summed E-state index contributed by atoms with van der Waals surface area (Å²) < 4.78 is 0. The van der Waals surface area contributed by atoms with Gasteiger partial charge in [-0.25, -0.2) is 0 Å². The van der Waals surface area contributed by atoms with Crippen LogP contribution in [0.4, 0.5) is 0 Å². The summed E-state index contributed by atoms with van der Waals surface area (Å²) in [5.74, 6) is 0. The second-order valence-electron chi connectivity index (χ2n) is 3.19. The molecule has 0 unspecified atom stereocenters. The average Bonchev–Trinajstić information content (AvgIpc) is 2.05. The number of hydrogen-bond acceptors (Lipinski definition) is 0. The maximum absolute atomic E-state index is 2.32. The van der Waals surface area contributed by atoms with E-state index in [9.17, 15) is 0 Å². The van der Waals surface area contributed by atoms with E-state index in [1.807, 2.05) is 0 Å². The molecule has 1 aliphatic carbocycles. The van der Waals surface area contributed by atoms with E-state index in [0.717, 1.165) is 0 Å². The molecule has 0 saturated carbocycles. The summed E-state index contributed by atoms with van der Waals surface area (Å²) in [4.78, 5) is 0. The molecule has 0 nitrogen and oxygen atoms in total. The highest BCUT2D eigenvalue weighted by molar-refractivity contribution is 5.03. The van der Waals surface area contributed by atoms with E-state index >= 15 is 0 Å². The van der Waals surface area contributed by atoms with Gasteiger partial charge in [-0.2, -0.15) is 0 Å². The fraction of sp³-hybridized carbons (Fsp3) is 0.500. The Labute approximate surface area is 75.7 Å². The first-order chi connectivity index (χ1) is 6.00. The SMILES string of the molecule is C1=CCCCC/C=C\C=C\CC1. The third-order valence-electron chi connectivity index (χ3n) is 2.04. The lowest BCUT2D eigenvalue weighted by molar-refractivity contribution is 0.760. The molecule has 0 aromatic carbocycles. The molecular formula is C12H18. The third-order valence-corrected chi connectivity index (χ3v) is 2.04. The van der Waals surface area contributed by atoms with Crippen LogP contribution < -0.4 is 0 Å². The summed E-state index contributed by atoms with van der Waals surface area (Å²) in [6.45, 7) is 0. The molecule has 66 valence electrons. The Morgan fingerprint density at radius 1 is 0.500 bits per heavy atom. The van der Waals surface area contributed by atoms with Crippen molar-refractivity contribution in [3.8, 4) is 0 Å². The highest BCUT2D eigenvalue weighted by atomic mass is 13.9. The van der Waals surface area contributed by atoms with Crippen LogP contribution >= 0.6 is 0 Å². The molecule has 0 aromatic rings. The van der Waals surface area contributed by atoms with Crippen LogP contribution in [0.5, 0.6) is 0 Å². The fourth-order valence-electron chi connectivity index (χ4n) is 1.30. The molecule has 1 rings (SSSR count). The first-order valence-electron chi connectivity index (χ1n) is 4.97. The standard InChI is InChI=1S/C12H18/c1-2-4-6-8-10-12-11-9-7-5-3-1/h1-4,9,11H,5-8,10,12H2/b3-1+,4-2-,11-9?. The zero-order chi connectivity index (χ0) is 8.49. The van der Waals surface area contributed by atoms with E-state index in [1.54, 1.807) is 0 Å². The van der Waals surface area contributed by atoms with Gasteiger partial charge in [0, 0.05) is 0 Å². The van der Waals surface area contributed by atoms with Crippen molar-refractivity contribution < 1.29 is 0 Å². The Morgan fingerprint density at radius 2 is 1.00 bits per heavy atom. The molecule has 0 heterocycles. The lowest BCUT2D eigenvalue weighted by Gasteiger charge is -1.94. The summed E-state index contributed by atoms with van der Waals surface area (Å²) in [6.07, 6.45) is 21.0. The van der Waals surface area contributed by atoms with E-state index in [0.29, 0.717) is 0 Å². The van der Waals surface area contributed by atoms with Crippen LogP contribution in [0.3, 0.4) is 0 Å². The molecular weight excluding hydrogens is 144 g/mol. The van der Waals surface area contributed by atoms with Crippen molar-refractivity contribution in [1.82, 2.24) is 0 Å². The van der Waals surface area contributed by atoms with Gasteiger partial charge in [-0.1, -0.05) is 36.5 Å². The van der Waals surface area contributed by atoms with Gasteiger partial charge in [0.25, 0.3) is 0 Å². The second-order valence-corrected chi connectivity index (χ2v) is 3.19. The quantitative estimate of drug-likeness (QED) is 0.472. The minimum Gasteiger partial charge on any atom is -0.0885 e. The monoisotopic (exact) mass is 162 g/mol. The van der Waals surface area contributed by atoms with Crippen molar-refractivity contribution in [2.75, 3.05) is 0 Å². The predicted molar refractivity (Wildman–Crippen MR) is 55.1 cm³/mol. The smallest absolute Gasteiger partial charge is 0.0313 e. The van der Waals surface area contributed by atoms with Crippen molar-refractivity contribution in [2.24, 2.45) is 0 Å². The largest absolute Gasteiger partial charge is 0.0885 e. The molecule has 0 spiro atoms. The molecule has 0 aliphatic heterocycles. The Kier molecular flexibility index (Phi) is 5.35. The van der Waals surface area contributed by atoms with Gasteiger partial charge in [-0.15, -0.1) is 0 Å². The maximum atomic E-state index is 2.32. The summed E-state index contributed by atoms with van der Waals surface area (Å²) in [7, 11) is 0. The first kappa shape index (κ1) is 9.31. The molecule has 0 N–H and O–H groups in total. The molecule has 0 radical (unpaired) electrons. The van der Waals surface area contributed by atoms with Gasteiger partial charge < -0.3 is 0 Å². The van der Waals surface area contributed by atoms with Crippen LogP contribution in [0.1, 0.15) is 38.5 Å². The minimum absolute atomic E-state index is 1.18. The van der Waals surface area contributed by atoms with Gasteiger partial charge >= 0.3 is 0 Å². The zero-order valence-corrected chi connectivity index (χ0v) is 7.71. The number of rotatable bonds is 0. The van der Waals surface area contributed by atoms with Crippen molar-refractivity contribution in [3.63, 3.8) is 0 Å². The molecule has 0 bridgehead atoms. The lowest BCUT2D eigenvalue weighted by Crippen LogP contribution is -1.74. The van der Waals surface area contributed by atoms with Gasteiger partial charge in [0.05, 0.1) is 0 Å². The van der Waals surface area contributed by atoms with E-state index in [-0.39, 0.29) is 0 Å². The molecule has 0 saturated heterocycles. The fourth-order valence-corrected chi connectivity index (χ4v) is 1.30. The topological polar surface area (TPSA) is 0 Å². The van der Waals surface area contributed by atoms with Crippen molar-refractivity contribution in [3.05, 3.63) is 36.5 Å². The highest BCUT2D eigenvalue weighted by Crippen LogP contribution is 2.04. The van der Waals surface area contributed by atoms with Crippen LogP contribution in [0.2, 0.25) is 0 Å². The molecule has 12 heavy (non-hydrogen) atoms. The predicted octanol–water partition coefficient (Wildman–Crippen LogP) is 4.01. The van der Waals surface area contributed by atoms with Gasteiger partial charge in [-0.3, -0.25) is 0 Å². The number of hydrogen-bond donors (Lipinski definition) is 0. The lowest BCUT2D eigenvalue weighted by atomic mass is 10.1. The van der Waals surface area contributed by atoms with Crippen LogP contribution in [-0.4, -0.2) is 0 Å². The Balaban J connectivity index is 2.31. The first-order valence-corrected chi connectivity index (χ1v) is 4.97. The summed E-state index contributed by atoms with van der Waals surface area (Å²) >= 11 is 0. The third kappa shape index (κ3) is 4.95. The van der Waals surface area contributed by atoms with Gasteiger partial charge in [0.1, 0.15) is 0 Å². The summed E-state index contributed by atoms with van der Waals surface area (Å²) in [6, 6.07) is 0. The molecule has 0 fully saturated rings. The van der Waals surface area contributed by atoms with E-state index in [1.165, 1.54) is 38.5 Å². The summed E-state index contributed by atoms with van der Waals surface area (Å²) in [5.41, 5.74) is 0. The Morgan fingerprint density at radius 3 is 1.83 bits per heavy atom. The Bertz CT molecular complexity index is 172. The van der Waals surface area contributed by atoms with Crippen molar-refractivity contribution >= 4 is 0 Å². The van der Waals surface area contributed by atoms with Gasteiger partial charge in [-0.05, 0) is 38.5 Å². The summed E-state index contributed by atoms with van der Waals surface area (Å²) in [5, 5.41) is 0. The van der Waals surface area contributed by atoms with Crippen LogP contribution in [0, 0.1) is 0 Å². The zero-order valence-electron chi connectivity index (χ0n) is 7.71. The van der Waals surface area contributed by atoms with E-state index < -0.39 is 0 Å². The van der Waals surface area contributed by atoms with Crippen molar-refractivity contribution in [1.29, 1.82) is 0 Å². The van der Waals surface area contributed by atoms with E-state index in [2.05, 4.69) is 36.5 Å². The average molecular weight is 162 g/mol. The van der Waals surface area contributed by atoms with E-state index in [4.69, 9.17) is 0 Å². The molecule has 0 aromatic heterocycles. The van der Waals surface area contributed by atoms with Crippen LogP contribution in [0.25, 0.3) is 0 Å². The minimum atomic E-state index is 1.18.